The minimum Gasteiger partial charge on any atom is -0.488 e. The zero-order chi connectivity index (χ0) is 15.0. The van der Waals surface area contributed by atoms with Crippen molar-refractivity contribution in [1.29, 1.82) is 0 Å². The lowest BCUT2D eigenvalue weighted by Gasteiger charge is -2.24. The van der Waals surface area contributed by atoms with Gasteiger partial charge >= 0.3 is 0 Å². The van der Waals surface area contributed by atoms with Crippen LogP contribution in [0.25, 0.3) is 0 Å². The van der Waals surface area contributed by atoms with Gasteiger partial charge in [0, 0.05) is 12.0 Å². The highest BCUT2D eigenvalue weighted by molar-refractivity contribution is 9.10. The lowest BCUT2D eigenvalue weighted by molar-refractivity contribution is 0.178. The quantitative estimate of drug-likeness (QED) is 0.842. The van der Waals surface area contributed by atoms with Crippen molar-refractivity contribution in [1.82, 2.24) is 5.32 Å². The summed E-state index contributed by atoms with van der Waals surface area (Å²) in [6.45, 7) is 0. The average Bonchev–Trinajstić information content (AvgIpc) is 2.91. The zero-order valence-corrected chi connectivity index (χ0v) is 13.0. The van der Waals surface area contributed by atoms with Crippen molar-refractivity contribution in [3.8, 4) is 5.75 Å². The van der Waals surface area contributed by atoms with E-state index in [2.05, 4.69) is 21.2 Å². The van der Waals surface area contributed by atoms with Crippen LogP contribution < -0.4 is 10.1 Å². The Bertz CT molecular complexity index is 652. The van der Waals surface area contributed by atoms with Crippen molar-refractivity contribution in [3.63, 3.8) is 0 Å². The summed E-state index contributed by atoms with van der Waals surface area (Å²) in [4.78, 5) is 0. The van der Waals surface area contributed by atoms with Gasteiger partial charge in [0.2, 0.25) is 0 Å². The number of nitrogens with one attached hydrogen (secondary N) is 1. The second kappa shape index (κ2) is 5.73. The number of hydrogen-bond donors (Lipinski definition) is 1. The predicted octanol–water partition coefficient (Wildman–Crippen LogP) is 3.99. The van der Waals surface area contributed by atoms with Gasteiger partial charge < -0.3 is 10.1 Å². The Hall–Kier alpha value is -1.46. The first kappa shape index (κ1) is 14.5. The van der Waals surface area contributed by atoms with E-state index in [4.69, 9.17) is 4.74 Å². The van der Waals surface area contributed by atoms with E-state index in [1.807, 2.05) is 24.3 Å². The van der Waals surface area contributed by atoms with Gasteiger partial charge in [0.1, 0.15) is 23.5 Å². The smallest absolute Gasteiger partial charge is 0.145 e. The van der Waals surface area contributed by atoms with E-state index < -0.39 is 17.7 Å². The van der Waals surface area contributed by atoms with E-state index in [1.54, 1.807) is 7.05 Å². The van der Waals surface area contributed by atoms with E-state index >= 15 is 0 Å². The molecule has 1 N–H and O–H groups in total. The molecule has 0 bridgehead atoms. The maximum absolute atomic E-state index is 14.3. The summed E-state index contributed by atoms with van der Waals surface area (Å²) in [6, 6.07) is 9.72. The molecule has 2 unspecified atom stereocenters. The minimum absolute atomic E-state index is 0.00433. The third-order valence-electron chi connectivity index (χ3n) is 3.75. The normalized spacial score (nSPS) is 18.2. The molecule has 0 saturated heterocycles. The number of para-hydroxylation sites is 1. The Morgan fingerprint density at radius 2 is 2.00 bits per heavy atom. The number of likely N-dealkylation sites (N-methyl/N-ethyl adjacent to an activating group) is 1. The summed E-state index contributed by atoms with van der Waals surface area (Å²) in [5, 5.41) is 2.98. The molecule has 0 spiro atoms. The molecule has 1 aliphatic heterocycles. The average molecular weight is 354 g/mol. The van der Waals surface area contributed by atoms with E-state index in [-0.39, 0.29) is 16.1 Å². The fourth-order valence-electron chi connectivity index (χ4n) is 2.74. The van der Waals surface area contributed by atoms with Crippen LogP contribution in [-0.2, 0) is 6.42 Å². The number of rotatable bonds is 3. The van der Waals surface area contributed by atoms with E-state index in [0.717, 1.165) is 11.3 Å². The molecule has 0 radical (unpaired) electrons. The Morgan fingerprint density at radius 3 is 2.71 bits per heavy atom. The molecule has 2 atom stereocenters. The van der Waals surface area contributed by atoms with Gasteiger partial charge in [0.15, 0.2) is 0 Å². The first-order valence-electron chi connectivity index (χ1n) is 6.67. The van der Waals surface area contributed by atoms with Crippen LogP contribution in [0.2, 0.25) is 0 Å². The SMILES string of the molecule is CNC(c1c(F)ccc(Br)c1F)C1Cc2ccccc2O1. The van der Waals surface area contributed by atoms with Crippen LogP contribution in [0.3, 0.4) is 0 Å². The van der Waals surface area contributed by atoms with Crippen LogP contribution >= 0.6 is 15.9 Å². The molecule has 2 nitrogen and oxygen atoms in total. The summed E-state index contributed by atoms with van der Waals surface area (Å²) in [5.74, 6) is -0.387. The van der Waals surface area contributed by atoms with Crippen molar-refractivity contribution in [2.45, 2.75) is 18.6 Å². The Morgan fingerprint density at radius 1 is 1.24 bits per heavy atom. The Labute approximate surface area is 130 Å². The lowest BCUT2D eigenvalue weighted by atomic mass is 9.97. The van der Waals surface area contributed by atoms with Crippen molar-refractivity contribution in [3.05, 3.63) is 63.6 Å². The van der Waals surface area contributed by atoms with E-state index in [1.165, 1.54) is 12.1 Å². The Kier molecular flexibility index (Phi) is 3.95. The van der Waals surface area contributed by atoms with Gasteiger partial charge in [0.25, 0.3) is 0 Å². The molecule has 1 heterocycles. The maximum atomic E-state index is 14.3. The molecular weight excluding hydrogens is 340 g/mol. The first-order chi connectivity index (χ1) is 10.1. The predicted molar refractivity (Wildman–Crippen MR) is 80.4 cm³/mol. The summed E-state index contributed by atoms with van der Waals surface area (Å²) < 4.78 is 34.5. The fourth-order valence-corrected chi connectivity index (χ4v) is 3.08. The first-order valence-corrected chi connectivity index (χ1v) is 7.46. The number of ether oxygens (including phenoxy) is 1. The third-order valence-corrected chi connectivity index (χ3v) is 4.36. The lowest BCUT2D eigenvalue weighted by Crippen LogP contribution is -2.34. The van der Waals surface area contributed by atoms with Gasteiger partial charge in [-0.25, -0.2) is 8.78 Å². The van der Waals surface area contributed by atoms with E-state index in [9.17, 15) is 8.78 Å². The fraction of sp³-hybridized carbons (Fsp3) is 0.250. The van der Waals surface area contributed by atoms with Crippen molar-refractivity contribution in [2.24, 2.45) is 0 Å². The molecule has 0 aromatic heterocycles. The van der Waals surface area contributed by atoms with Gasteiger partial charge in [0.05, 0.1) is 10.5 Å². The molecular formula is C16H14BrF2NO. The number of benzene rings is 2. The summed E-state index contributed by atoms with van der Waals surface area (Å²) in [7, 11) is 1.68. The minimum atomic E-state index is -0.589. The topological polar surface area (TPSA) is 21.3 Å². The molecule has 3 rings (SSSR count). The second-order valence-electron chi connectivity index (χ2n) is 4.99. The highest BCUT2D eigenvalue weighted by Crippen LogP contribution is 2.36. The molecule has 5 heteroatoms. The molecule has 0 fully saturated rings. The summed E-state index contributed by atoms with van der Waals surface area (Å²) in [5.41, 5.74) is 1.06. The molecule has 0 amide bonds. The standard InChI is InChI=1S/C16H14BrF2NO/c1-20-16(14-11(18)7-6-10(17)15(14)19)13-8-9-4-2-3-5-12(9)21-13/h2-7,13,16,20H,8H2,1H3. The number of halogens is 3. The van der Waals surface area contributed by atoms with Gasteiger partial charge in [-0.1, -0.05) is 18.2 Å². The van der Waals surface area contributed by atoms with Crippen molar-refractivity contribution in [2.75, 3.05) is 7.05 Å². The van der Waals surface area contributed by atoms with Gasteiger partial charge in [-0.05, 0) is 46.7 Å². The highest BCUT2D eigenvalue weighted by atomic mass is 79.9. The molecule has 0 saturated carbocycles. The monoisotopic (exact) mass is 353 g/mol. The van der Waals surface area contributed by atoms with Crippen LogP contribution in [0.1, 0.15) is 17.2 Å². The van der Waals surface area contributed by atoms with Crippen LogP contribution in [-0.4, -0.2) is 13.2 Å². The molecule has 1 aliphatic rings. The third kappa shape index (κ3) is 2.56. The molecule has 0 aliphatic carbocycles. The molecule has 110 valence electrons. The number of hydrogen-bond acceptors (Lipinski definition) is 2. The van der Waals surface area contributed by atoms with Crippen LogP contribution in [0, 0.1) is 11.6 Å². The largest absolute Gasteiger partial charge is 0.488 e. The van der Waals surface area contributed by atoms with Gasteiger partial charge in [-0.2, -0.15) is 0 Å². The molecule has 21 heavy (non-hydrogen) atoms. The van der Waals surface area contributed by atoms with Crippen LogP contribution in [0.4, 0.5) is 8.78 Å². The van der Waals surface area contributed by atoms with E-state index in [0.29, 0.717) is 6.42 Å². The van der Waals surface area contributed by atoms with Crippen LogP contribution in [0.15, 0.2) is 40.9 Å². The highest BCUT2D eigenvalue weighted by Gasteiger charge is 2.34. The van der Waals surface area contributed by atoms with Gasteiger partial charge in [-0.3, -0.25) is 0 Å². The van der Waals surface area contributed by atoms with Crippen molar-refractivity contribution >= 4 is 15.9 Å². The summed E-state index contributed by atoms with van der Waals surface area (Å²) >= 11 is 3.10. The summed E-state index contributed by atoms with van der Waals surface area (Å²) in [6.07, 6.45) is 0.276. The van der Waals surface area contributed by atoms with Gasteiger partial charge in [-0.15, -0.1) is 0 Å². The molecule has 2 aromatic carbocycles. The Balaban J connectivity index is 1.96. The maximum Gasteiger partial charge on any atom is 0.145 e. The number of fused-ring (bicyclic) bond motifs is 1. The molecule has 2 aromatic rings. The second-order valence-corrected chi connectivity index (χ2v) is 5.85. The zero-order valence-electron chi connectivity index (χ0n) is 11.4. The van der Waals surface area contributed by atoms with Crippen molar-refractivity contribution < 1.29 is 13.5 Å². The van der Waals surface area contributed by atoms with Crippen LogP contribution in [0.5, 0.6) is 5.75 Å².